The van der Waals surface area contributed by atoms with Gasteiger partial charge in [0.2, 0.25) is 0 Å². The first-order valence-corrected chi connectivity index (χ1v) is 6.53. The average Bonchev–Trinajstić information content (AvgIpc) is 3.12. The molecular weight excluding hydrogens is 222 g/mol. The van der Waals surface area contributed by atoms with Crippen LogP contribution in [0.25, 0.3) is 0 Å². The Kier molecular flexibility index (Phi) is 4.56. The van der Waals surface area contributed by atoms with Gasteiger partial charge in [-0.25, -0.2) is 9.97 Å². The van der Waals surface area contributed by atoms with Crippen LogP contribution in [0.1, 0.15) is 18.4 Å². The summed E-state index contributed by atoms with van der Waals surface area (Å²) in [5.74, 6) is 0.899. The quantitative estimate of drug-likeness (QED) is 0.443. The van der Waals surface area contributed by atoms with Gasteiger partial charge in [-0.05, 0) is 12.8 Å². The molecule has 1 N–H and O–H groups in total. The average molecular weight is 239 g/mol. The molecule has 0 amide bonds. The maximum Gasteiger partial charge on any atom is 0.187 e. The van der Waals surface area contributed by atoms with Gasteiger partial charge in [-0.1, -0.05) is 11.8 Å². The number of hydrogen-bond acceptors (Lipinski definition) is 5. The molecule has 1 fully saturated rings. The van der Waals surface area contributed by atoms with E-state index in [1.54, 1.807) is 18.9 Å². The molecule has 0 radical (unpaired) electrons. The van der Waals surface area contributed by atoms with E-state index < -0.39 is 0 Å². The fourth-order valence-electron chi connectivity index (χ4n) is 1.27. The number of nitrogens with zero attached hydrogens (tertiary/aromatic N) is 2. The van der Waals surface area contributed by atoms with Gasteiger partial charge < -0.3 is 10.1 Å². The van der Waals surface area contributed by atoms with E-state index in [2.05, 4.69) is 15.3 Å². The van der Waals surface area contributed by atoms with Crippen molar-refractivity contribution in [1.29, 1.82) is 0 Å². The van der Waals surface area contributed by atoms with E-state index in [-0.39, 0.29) is 0 Å². The molecule has 1 saturated carbocycles. The molecule has 1 aliphatic rings. The summed E-state index contributed by atoms with van der Waals surface area (Å²) in [7, 11) is 1.70. The summed E-state index contributed by atoms with van der Waals surface area (Å²) in [5.41, 5.74) is 1.16. The second kappa shape index (κ2) is 6.18. The summed E-state index contributed by atoms with van der Waals surface area (Å²) in [5, 5.41) is 4.26. The Morgan fingerprint density at radius 1 is 1.44 bits per heavy atom. The van der Waals surface area contributed by atoms with E-state index >= 15 is 0 Å². The van der Waals surface area contributed by atoms with E-state index in [4.69, 9.17) is 4.74 Å². The zero-order valence-corrected chi connectivity index (χ0v) is 10.3. The van der Waals surface area contributed by atoms with Crippen molar-refractivity contribution < 1.29 is 4.74 Å². The smallest absolute Gasteiger partial charge is 0.187 e. The van der Waals surface area contributed by atoms with Crippen molar-refractivity contribution in [3.63, 3.8) is 0 Å². The lowest BCUT2D eigenvalue weighted by Gasteiger charge is -2.03. The van der Waals surface area contributed by atoms with Gasteiger partial charge in [-0.3, -0.25) is 0 Å². The molecule has 1 aliphatic carbocycles. The second-order valence-corrected chi connectivity index (χ2v) is 4.93. The van der Waals surface area contributed by atoms with Crippen molar-refractivity contribution in [2.45, 2.75) is 30.6 Å². The highest BCUT2D eigenvalue weighted by Crippen LogP contribution is 2.19. The molecule has 88 valence electrons. The molecule has 0 spiro atoms. The third-order valence-electron chi connectivity index (χ3n) is 2.37. The molecule has 0 bridgehead atoms. The minimum Gasteiger partial charge on any atom is -0.384 e. The summed E-state index contributed by atoms with van der Waals surface area (Å²) >= 11 is 1.62. The maximum absolute atomic E-state index is 4.97. The van der Waals surface area contributed by atoms with Gasteiger partial charge in [-0.2, -0.15) is 0 Å². The second-order valence-electron chi connectivity index (χ2n) is 3.87. The van der Waals surface area contributed by atoms with E-state index in [1.807, 2.05) is 12.4 Å². The van der Waals surface area contributed by atoms with Gasteiger partial charge in [-0.15, -0.1) is 0 Å². The summed E-state index contributed by atoms with van der Waals surface area (Å²) < 4.78 is 4.97. The summed E-state index contributed by atoms with van der Waals surface area (Å²) in [6.07, 6.45) is 6.42. The Balaban J connectivity index is 1.74. The first-order valence-electron chi connectivity index (χ1n) is 5.54. The van der Waals surface area contributed by atoms with E-state index in [0.717, 1.165) is 35.7 Å². The SMILES string of the molecule is COCCSc1ncc(CNC2CC2)cn1. The van der Waals surface area contributed by atoms with Gasteiger partial charge in [0.25, 0.3) is 0 Å². The number of aromatic nitrogens is 2. The predicted molar refractivity (Wildman–Crippen MR) is 64.5 cm³/mol. The van der Waals surface area contributed by atoms with Crippen LogP contribution in [0.4, 0.5) is 0 Å². The Bertz CT molecular complexity index is 314. The summed E-state index contributed by atoms with van der Waals surface area (Å²) in [6, 6.07) is 0.732. The van der Waals surface area contributed by atoms with Crippen molar-refractivity contribution in [2.75, 3.05) is 19.5 Å². The zero-order valence-electron chi connectivity index (χ0n) is 9.48. The predicted octanol–water partition coefficient (Wildman–Crippen LogP) is 1.47. The van der Waals surface area contributed by atoms with Gasteiger partial charge in [0.1, 0.15) is 0 Å². The lowest BCUT2D eigenvalue weighted by atomic mass is 10.3. The Morgan fingerprint density at radius 3 is 2.81 bits per heavy atom. The molecule has 0 aromatic carbocycles. The van der Waals surface area contributed by atoms with Crippen LogP contribution in [-0.4, -0.2) is 35.5 Å². The van der Waals surface area contributed by atoms with E-state index in [0.29, 0.717) is 0 Å². The highest BCUT2D eigenvalue weighted by molar-refractivity contribution is 7.99. The molecule has 0 aliphatic heterocycles. The molecule has 5 heteroatoms. The molecule has 1 aromatic rings. The molecule has 1 aromatic heterocycles. The van der Waals surface area contributed by atoms with Crippen molar-refractivity contribution in [3.05, 3.63) is 18.0 Å². The van der Waals surface area contributed by atoms with Crippen LogP contribution in [0.2, 0.25) is 0 Å². The van der Waals surface area contributed by atoms with E-state index in [9.17, 15) is 0 Å². The van der Waals surface area contributed by atoms with E-state index in [1.165, 1.54) is 12.8 Å². The number of thioether (sulfide) groups is 1. The molecular formula is C11H17N3OS. The van der Waals surface area contributed by atoms with Gasteiger partial charge in [0, 0.05) is 43.4 Å². The summed E-state index contributed by atoms with van der Waals surface area (Å²) in [4.78, 5) is 8.61. The molecule has 0 unspecified atom stereocenters. The van der Waals surface area contributed by atoms with Crippen LogP contribution >= 0.6 is 11.8 Å². The lowest BCUT2D eigenvalue weighted by Crippen LogP contribution is -2.15. The van der Waals surface area contributed by atoms with Crippen molar-refractivity contribution in [1.82, 2.24) is 15.3 Å². The zero-order chi connectivity index (χ0) is 11.2. The largest absolute Gasteiger partial charge is 0.384 e. The minimum atomic E-state index is 0.732. The van der Waals surface area contributed by atoms with Crippen LogP contribution in [0.5, 0.6) is 0 Å². The van der Waals surface area contributed by atoms with Crippen LogP contribution in [0.3, 0.4) is 0 Å². The van der Waals surface area contributed by atoms with Crippen LogP contribution in [0.15, 0.2) is 17.6 Å². The minimum absolute atomic E-state index is 0.732. The van der Waals surface area contributed by atoms with Gasteiger partial charge in [0.05, 0.1) is 6.61 Å². The first kappa shape index (κ1) is 11.8. The Labute approximate surface area is 100 Å². The number of hydrogen-bond donors (Lipinski definition) is 1. The number of rotatable bonds is 7. The number of nitrogens with one attached hydrogen (secondary N) is 1. The summed E-state index contributed by atoms with van der Waals surface area (Å²) in [6.45, 7) is 1.62. The molecule has 0 atom stereocenters. The van der Waals surface area contributed by atoms with Crippen LogP contribution in [-0.2, 0) is 11.3 Å². The third kappa shape index (κ3) is 4.08. The normalized spacial score (nSPS) is 15.3. The molecule has 2 rings (SSSR count). The maximum atomic E-state index is 4.97. The fraction of sp³-hybridized carbons (Fsp3) is 0.636. The number of ether oxygens (including phenoxy) is 1. The van der Waals surface area contributed by atoms with Gasteiger partial charge in [0.15, 0.2) is 5.16 Å². The molecule has 16 heavy (non-hydrogen) atoms. The lowest BCUT2D eigenvalue weighted by molar-refractivity contribution is 0.218. The standard InChI is InChI=1S/C11H17N3OS/c1-15-4-5-16-11-13-7-9(8-14-11)6-12-10-2-3-10/h7-8,10,12H,2-6H2,1H3. The monoisotopic (exact) mass is 239 g/mol. The molecule has 1 heterocycles. The topological polar surface area (TPSA) is 47.0 Å². The van der Waals surface area contributed by atoms with Crippen molar-refractivity contribution in [2.24, 2.45) is 0 Å². The van der Waals surface area contributed by atoms with Crippen molar-refractivity contribution >= 4 is 11.8 Å². The van der Waals surface area contributed by atoms with Crippen molar-refractivity contribution in [3.8, 4) is 0 Å². The van der Waals surface area contributed by atoms with Gasteiger partial charge >= 0.3 is 0 Å². The fourth-order valence-corrected chi connectivity index (χ4v) is 1.96. The third-order valence-corrected chi connectivity index (χ3v) is 3.21. The molecule has 4 nitrogen and oxygen atoms in total. The van der Waals surface area contributed by atoms with Crippen LogP contribution in [0, 0.1) is 0 Å². The Hall–Kier alpha value is -0.650. The molecule has 0 saturated heterocycles. The highest BCUT2D eigenvalue weighted by atomic mass is 32.2. The number of methoxy groups -OCH3 is 1. The Morgan fingerprint density at radius 2 is 2.19 bits per heavy atom. The first-order chi connectivity index (χ1) is 7.88. The van der Waals surface area contributed by atoms with Crippen LogP contribution < -0.4 is 5.32 Å². The highest BCUT2D eigenvalue weighted by Gasteiger charge is 2.19.